The molecule has 0 spiro atoms. The van der Waals surface area contributed by atoms with Crippen molar-refractivity contribution < 1.29 is 9.18 Å². The van der Waals surface area contributed by atoms with Crippen LogP contribution in [-0.4, -0.2) is 44.5 Å². The molecule has 0 unspecified atom stereocenters. The van der Waals surface area contributed by atoms with Gasteiger partial charge in [0.25, 0.3) is 5.91 Å². The maximum Gasteiger partial charge on any atom is 0.251 e. The number of fused-ring (bicyclic) bond motifs is 3. The standard InChI is InChI=1S/C20H26FN5O/c1-11(2)25-7-5-20(4,6-8-25)16-12(3)24-26-17-14(18(22)27)9-13(21)10-15(17)23-19(16)26/h9-11,24H,5-8H2,1-4H3,(H2,22,27). The van der Waals surface area contributed by atoms with E-state index in [1.165, 1.54) is 12.1 Å². The van der Waals surface area contributed by atoms with Crippen molar-refractivity contribution in [3.63, 3.8) is 0 Å². The number of hydrogen-bond donors (Lipinski definition) is 2. The van der Waals surface area contributed by atoms with E-state index in [2.05, 4.69) is 35.8 Å². The van der Waals surface area contributed by atoms with Crippen LogP contribution in [-0.2, 0) is 5.41 Å². The number of aryl methyl sites for hydroxylation is 1. The number of hydrogen-bond acceptors (Lipinski definition) is 3. The van der Waals surface area contributed by atoms with E-state index in [0.29, 0.717) is 17.1 Å². The maximum absolute atomic E-state index is 13.9. The van der Waals surface area contributed by atoms with Gasteiger partial charge in [0.05, 0.1) is 11.1 Å². The Bertz CT molecular complexity index is 1040. The highest BCUT2D eigenvalue weighted by Gasteiger charge is 2.37. The van der Waals surface area contributed by atoms with Crippen LogP contribution in [0.2, 0.25) is 0 Å². The molecule has 0 aliphatic carbocycles. The van der Waals surface area contributed by atoms with E-state index in [1.807, 2.05) is 6.92 Å². The number of H-pyrrole nitrogens is 1. The molecule has 144 valence electrons. The average Bonchev–Trinajstić information content (AvgIpc) is 3.08. The highest BCUT2D eigenvalue weighted by atomic mass is 19.1. The molecule has 3 N–H and O–H groups in total. The molecule has 1 aromatic carbocycles. The van der Waals surface area contributed by atoms with Crippen LogP contribution in [0.4, 0.5) is 4.39 Å². The Balaban J connectivity index is 1.89. The molecular formula is C20H26FN5O. The molecule has 4 rings (SSSR count). The summed E-state index contributed by atoms with van der Waals surface area (Å²) in [5, 5.41) is 3.33. The van der Waals surface area contributed by atoms with E-state index in [0.717, 1.165) is 42.8 Å². The second kappa shape index (κ2) is 6.05. The van der Waals surface area contributed by atoms with Crippen LogP contribution in [0.15, 0.2) is 12.1 Å². The molecule has 1 saturated heterocycles. The van der Waals surface area contributed by atoms with Gasteiger partial charge in [-0.15, -0.1) is 0 Å². The lowest BCUT2D eigenvalue weighted by Gasteiger charge is -2.41. The number of aromatic amines is 1. The molecule has 2 aromatic heterocycles. The second-order valence-electron chi connectivity index (χ2n) is 8.26. The van der Waals surface area contributed by atoms with Gasteiger partial charge in [-0.3, -0.25) is 9.89 Å². The van der Waals surface area contributed by atoms with Gasteiger partial charge in [0.15, 0.2) is 5.65 Å². The molecular weight excluding hydrogens is 345 g/mol. The van der Waals surface area contributed by atoms with E-state index in [4.69, 9.17) is 5.73 Å². The first-order valence-corrected chi connectivity index (χ1v) is 9.46. The number of nitrogens with two attached hydrogens (primary N) is 1. The van der Waals surface area contributed by atoms with Gasteiger partial charge in [-0.2, -0.15) is 0 Å². The van der Waals surface area contributed by atoms with E-state index in [-0.39, 0.29) is 11.0 Å². The number of nitrogens with one attached hydrogen (secondary N) is 1. The van der Waals surface area contributed by atoms with Crippen LogP contribution in [0.25, 0.3) is 16.7 Å². The van der Waals surface area contributed by atoms with Crippen molar-refractivity contribution in [1.82, 2.24) is 19.5 Å². The number of halogens is 1. The van der Waals surface area contributed by atoms with Crippen molar-refractivity contribution in [2.24, 2.45) is 5.73 Å². The largest absolute Gasteiger partial charge is 0.366 e. The number of primary amides is 1. The molecule has 3 heterocycles. The summed E-state index contributed by atoms with van der Waals surface area (Å²) < 4.78 is 15.7. The molecule has 1 aliphatic heterocycles. The van der Waals surface area contributed by atoms with Gasteiger partial charge in [-0.05, 0) is 52.8 Å². The van der Waals surface area contributed by atoms with Crippen LogP contribution >= 0.6 is 0 Å². The van der Waals surface area contributed by atoms with E-state index in [9.17, 15) is 9.18 Å². The summed E-state index contributed by atoms with van der Waals surface area (Å²) in [6.07, 6.45) is 2.06. The third kappa shape index (κ3) is 2.72. The fourth-order valence-electron chi connectivity index (χ4n) is 4.54. The van der Waals surface area contributed by atoms with Crippen LogP contribution in [0.3, 0.4) is 0 Å². The van der Waals surface area contributed by atoms with Crippen LogP contribution in [0.5, 0.6) is 0 Å². The molecule has 0 radical (unpaired) electrons. The summed E-state index contributed by atoms with van der Waals surface area (Å²) >= 11 is 0. The lowest BCUT2D eigenvalue weighted by Crippen LogP contribution is -2.44. The van der Waals surface area contributed by atoms with Crippen molar-refractivity contribution in [3.05, 3.63) is 34.8 Å². The Morgan fingerprint density at radius 1 is 1.33 bits per heavy atom. The van der Waals surface area contributed by atoms with Gasteiger partial charge in [0, 0.05) is 28.8 Å². The maximum atomic E-state index is 13.9. The molecule has 27 heavy (non-hydrogen) atoms. The first kappa shape index (κ1) is 18.0. The number of likely N-dealkylation sites (tertiary alicyclic amines) is 1. The number of imidazole rings is 1. The van der Waals surface area contributed by atoms with E-state index >= 15 is 0 Å². The third-order valence-corrected chi connectivity index (χ3v) is 6.10. The van der Waals surface area contributed by atoms with E-state index < -0.39 is 11.7 Å². The van der Waals surface area contributed by atoms with Gasteiger partial charge in [-0.25, -0.2) is 13.9 Å². The fraction of sp³-hybridized carbons (Fsp3) is 0.500. The zero-order valence-corrected chi connectivity index (χ0v) is 16.3. The summed E-state index contributed by atoms with van der Waals surface area (Å²) in [4.78, 5) is 19.0. The van der Waals surface area contributed by atoms with Crippen molar-refractivity contribution >= 4 is 22.6 Å². The zero-order valence-electron chi connectivity index (χ0n) is 16.3. The van der Waals surface area contributed by atoms with Crippen LogP contribution in [0.1, 0.15) is 55.2 Å². The molecule has 6 nitrogen and oxygen atoms in total. The minimum atomic E-state index is -0.661. The highest BCUT2D eigenvalue weighted by molar-refractivity contribution is 6.05. The van der Waals surface area contributed by atoms with Gasteiger partial charge in [-0.1, -0.05) is 6.92 Å². The lowest BCUT2D eigenvalue weighted by atomic mass is 9.74. The molecule has 7 heteroatoms. The summed E-state index contributed by atoms with van der Waals surface area (Å²) in [5.74, 6) is -1.17. The number of amides is 1. The van der Waals surface area contributed by atoms with Crippen molar-refractivity contribution in [3.8, 4) is 0 Å². The predicted molar refractivity (Wildman–Crippen MR) is 104 cm³/mol. The normalized spacial score (nSPS) is 18.0. The molecule has 0 atom stereocenters. The zero-order chi connectivity index (χ0) is 19.5. The second-order valence-corrected chi connectivity index (χ2v) is 8.26. The molecule has 1 amide bonds. The fourth-order valence-corrected chi connectivity index (χ4v) is 4.54. The van der Waals surface area contributed by atoms with Gasteiger partial charge < -0.3 is 10.6 Å². The summed E-state index contributed by atoms with van der Waals surface area (Å²) in [6.45, 7) is 10.8. The van der Waals surface area contributed by atoms with Crippen molar-refractivity contribution in [2.45, 2.75) is 52.0 Å². The monoisotopic (exact) mass is 371 g/mol. The van der Waals surface area contributed by atoms with E-state index in [1.54, 1.807) is 4.52 Å². The quantitative estimate of drug-likeness (QED) is 0.742. The predicted octanol–water partition coefficient (Wildman–Crippen LogP) is 3.12. The number of carbonyl (C=O) groups is 1. The molecule has 1 fully saturated rings. The molecule has 1 aliphatic rings. The topological polar surface area (TPSA) is 79.4 Å². The Morgan fingerprint density at radius 3 is 2.59 bits per heavy atom. The number of aromatic nitrogens is 3. The van der Waals surface area contributed by atoms with Gasteiger partial charge in [0.1, 0.15) is 11.3 Å². The van der Waals surface area contributed by atoms with Crippen LogP contribution in [0, 0.1) is 12.7 Å². The number of rotatable bonds is 3. The van der Waals surface area contributed by atoms with Gasteiger partial charge in [0.2, 0.25) is 0 Å². The Kier molecular flexibility index (Phi) is 4.03. The third-order valence-electron chi connectivity index (χ3n) is 6.10. The molecule has 0 saturated carbocycles. The van der Waals surface area contributed by atoms with Crippen molar-refractivity contribution in [1.29, 1.82) is 0 Å². The SMILES string of the molecule is Cc1[nH]n2c(nc3cc(F)cc(C(N)=O)c32)c1C1(C)CCN(C(C)C)CC1. The highest BCUT2D eigenvalue weighted by Crippen LogP contribution is 2.40. The number of piperidine rings is 1. The average molecular weight is 371 g/mol. The number of benzene rings is 1. The van der Waals surface area contributed by atoms with Gasteiger partial charge >= 0.3 is 0 Å². The number of nitrogens with zero attached hydrogens (tertiary/aromatic N) is 3. The minimum absolute atomic E-state index is 0.0243. The first-order chi connectivity index (χ1) is 12.7. The minimum Gasteiger partial charge on any atom is -0.366 e. The number of carbonyl (C=O) groups excluding carboxylic acids is 1. The summed E-state index contributed by atoms with van der Waals surface area (Å²) in [7, 11) is 0. The Morgan fingerprint density at radius 2 is 2.00 bits per heavy atom. The Labute approximate surface area is 157 Å². The molecule has 0 bridgehead atoms. The smallest absolute Gasteiger partial charge is 0.251 e. The lowest BCUT2D eigenvalue weighted by molar-refractivity contribution is 0.100. The van der Waals surface area contributed by atoms with Crippen molar-refractivity contribution in [2.75, 3.05) is 13.1 Å². The molecule has 3 aromatic rings. The Hall–Kier alpha value is -2.41. The summed E-state index contributed by atoms with van der Waals surface area (Å²) in [5.41, 5.74) is 9.53. The summed E-state index contributed by atoms with van der Waals surface area (Å²) in [6, 6.07) is 3.07. The first-order valence-electron chi connectivity index (χ1n) is 9.46. The van der Waals surface area contributed by atoms with Crippen LogP contribution < -0.4 is 5.73 Å².